The van der Waals surface area contributed by atoms with Crippen LogP contribution in [0.2, 0.25) is 0 Å². The second kappa shape index (κ2) is 5.55. The highest BCUT2D eigenvalue weighted by atomic mass is 16.4. The predicted octanol–water partition coefficient (Wildman–Crippen LogP) is 2.77. The lowest BCUT2D eigenvalue weighted by molar-refractivity contribution is -0.142. The van der Waals surface area contributed by atoms with Crippen LogP contribution >= 0.6 is 0 Å². The molecule has 26 heavy (non-hydrogen) atoms. The van der Waals surface area contributed by atoms with Crippen molar-refractivity contribution in [2.45, 2.75) is 19.3 Å². The first-order valence-corrected chi connectivity index (χ1v) is 8.46. The SMILES string of the molecule is O=C(O)C1CCc2[nH]c3ncnc(Nc4ccc5[nH]ncc5c4)c3c2C1. The first kappa shape index (κ1) is 14.9. The molecule has 4 aromatic rings. The summed E-state index contributed by atoms with van der Waals surface area (Å²) in [6.45, 7) is 0. The fourth-order valence-electron chi connectivity index (χ4n) is 3.70. The number of aromatic nitrogens is 5. The van der Waals surface area contributed by atoms with Gasteiger partial charge in [-0.15, -0.1) is 0 Å². The van der Waals surface area contributed by atoms with Crippen molar-refractivity contribution < 1.29 is 9.90 Å². The molecule has 1 aliphatic carbocycles. The third-order valence-electron chi connectivity index (χ3n) is 5.03. The van der Waals surface area contributed by atoms with E-state index in [-0.39, 0.29) is 5.92 Å². The molecule has 130 valence electrons. The predicted molar refractivity (Wildman–Crippen MR) is 96.4 cm³/mol. The van der Waals surface area contributed by atoms with Crippen molar-refractivity contribution in [3.63, 3.8) is 0 Å². The first-order valence-electron chi connectivity index (χ1n) is 8.46. The number of hydrogen-bond donors (Lipinski definition) is 4. The Morgan fingerprint density at radius 2 is 2.23 bits per heavy atom. The number of carboxylic acids is 1. The summed E-state index contributed by atoms with van der Waals surface area (Å²) in [6.07, 6.45) is 5.13. The molecule has 8 heteroatoms. The number of benzene rings is 1. The zero-order chi connectivity index (χ0) is 17.7. The minimum atomic E-state index is -0.748. The summed E-state index contributed by atoms with van der Waals surface area (Å²) in [5.74, 6) is -0.431. The Morgan fingerprint density at radius 3 is 3.12 bits per heavy atom. The van der Waals surface area contributed by atoms with E-state index in [0.717, 1.165) is 38.9 Å². The number of carboxylic acid groups (broad SMARTS) is 1. The molecule has 0 bridgehead atoms. The lowest BCUT2D eigenvalue weighted by Crippen LogP contribution is -2.21. The zero-order valence-electron chi connectivity index (χ0n) is 13.8. The average Bonchev–Trinajstić information content (AvgIpc) is 3.25. The van der Waals surface area contributed by atoms with Crippen LogP contribution in [0.4, 0.5) is 11.5 Å². The molecule has 0 fully saturated rings. The van der Waals surface area contributed by atoms with Gasteiger partial charge in [0.05, 0.1) is 23.0 Å². The van der Waals surface area contributed by atoms with Crippen molar-refractivity contribution in [3.8, 4) is 0 Å². The van der Waals surface area contributed by atoms with E-state index in [1.807, 2.05) is 18.2 Å². The van der Waals surface area contributed by atoms with E-state index in [1.165, 1.54) is 6.33 Å². The van der Waals surface area contributed by atoms with E-state index in [4.69, 9.17) is 0 Å². The number of aliphatic carboxylic acids is 1. The fourth-order valence-corrected chi connectivity index (χ4v) is 3.70. The molecule has 8 nitrogen and oxygen atoms in total. The Bertz CT molecular complexity index is 1150. The molecule has 1 aromatic carbocycles. The molecule has 0 saturated carbocycles. The molecular formula is C18H16N6O2. The summed E-state index contributed by atoms with van der Waals surface area (Å²) >= 11 is 0. The number of nitrogens with zero attached hydrogens (tertiary/aromatic N) is 3. The van der Waals surface area contributed by atoms with E-state index in [1.54, 1.807) is 6.20 Å². The van der Waals surface area contributed by atoms with Crippen LogP contribution in [0.3, 0.4) is 0 Å². The summed E-state index contributed by atoms with van der Waals surface area (Å²) in [6, 6.07) is 5.90. The normalized spacial score (nSPS) is 16.7. The van der Waals surface area contributed by atoms with E-state index >= 15 is 0 Å². The summed E-state index contributed by atoms with van der Waals surface area (Å²) in [5, 5.41) is 21.6. The molecule has 1 atom stereocenters. The Balaban J connectivity index is 1.59. The lowest BCUT2D eigenvalue weighted by Gasteiger charge is -2.19. The molecule has 4 N–H and O–H groups in total. The van der Waals surface area contributed by atoms with Crippen LogP contribution in [0.15, 0.2) is 30.7 Å². The van der Waals surface area contributed by atoms with Gasteiger partial charge in [0.1, 0.15) is 17.8 Å². The lowest BCUT2D eigenvalue weighted by atomic mass is 9.86. The summed E-state index contributed by atoms with van der Waals surface area (Å²) < 4.78 is 0. The van der Waals surface area contributed by atoms with Gasteiger partial charge in [0.25, 0.3) is 0 Å². The quantitative estimate of drug-likeness (QED) is 0.452. The molecule has 0 radical (unpaired) electrons. The van der Waals surface area contributed by atoms with Crippen LogP contribution < -0.4 is 5.32 Å². The highest BCUT2D eigenvalue weighted by molar-refractivity contribution is 5.94. The summed E-state index contributed by atoms with van der Waals surface area (Å²) in [4.78, 5) is 23.5. The molecule has 1 aliphatic rings. The van der Waals surface area contributed by atoms with Gasteiger partial charge >= 0.3 is 5.97 Å². The molecule has 3 heterocycles. The standard InChI is InChI=1S/C18H16N6O2/c25-18(26)9-1-3-14-12(6-9)15-16(19-8-20-17(15)23-14)22-11-2-4-13-10(5-11)7-21-24-13/h2,4-5,7-9H,1,3,6H2,(H,21,24)(H,25,26)(H2,19,20,22,23). The van der Waals surface area contributed by atoms with Crippen molar-refractivity contribution >= 4 is 39.4 Å². The maximum absolute atomic E-state index is 11.4. The van der Waals surface area contributed by atoms with E-state index in [0.29, 0.717) is 25.1 Å². The smallest absolute Gasteiger partial charge is 0.306 e. The molecule has 1 unspecified atom stereocenters. The number of anilines is 2. The molecule has 0 saturated heterocycles. The van der Waals surface area contributed by atoms with Crippen LogP contribution in [0.5, 0.6) is 0 Å². The summed E-state index contributed by atoms with van der Waals surface area (Å²) in [7, 11) is 0. The number of hydrogen-bond acceptors (Lipinski definition) is 5. The minimum absolute atomic E-state index is 0.364. The van der Waals surface area contributed by atoms with Crippen molar-refractivity contribution in [2.75, 3.05) is 5.32 Å². The molecular weight excluding hydrogens is 332 g/mol. The number of rotatable bonds is 3. The molecule has 3 aromatic heterocycles. The van der Waals surface area contributed by atoms with Crippen molar-refractivity contribution in [1.82, 2.24) is 25.1 Å². The highest BCUT2D eigenvalue weighted by Crippen LogP contribution is 2.35. The molecule has 0 amide bonds. The number of carbonyl (C=O) groups is 1. The Morgan fingerprint density at radius 1 is 1.31 bits per heavy atom. The van der Waals surface area contributed by atoms with Gasteiger partial charge in [-0.3, -0.25) is 9.89 Å². The first-order chi connectivity index (χ1) is 12.7. The fraction of sp³-hybridized carbons (Fsp3) is 0.222. The molecule has 0 aliphatic heterocycles. The van der Waals surface area contributed by atoms with Gasteiger partial charge in [-0.1, -0.05) is 0 Å². The summed E-state index contributed by atoms with van der Waals surface area (Å²) in [5.41, 5.74) is 4.66. The number of nitrogens with one attached hydrogen (secondary N) is 3. The van der Waals surface area contributed by atoms with E-state index < -0.39 is 5.97 Å². The Labute approximate surface area is 147 Å². The van der Waals surface area contributed by atoms with Crippen molar-refractivity contribution in [2.24, 2.45) is 5.92 Å². The van der Waals surface area contributed by atoms with Crippen LogP contribution in [0.25, 0.3) is 21.9 Å². The van der Waals surface area contributed by atoms with Crippen LogP contribution in [-0.4, -0.2) is 36.2 Å². The zero-order valence-corrected chi connectivity index (χ0v) is 13.8. The number of aryl methyl sites for hydroxylation is 1. The van der Waals surface area contributed by atoms with Gasteiger partial charge in [-0.25, -0.2) is 9.97 Å². The van der Waals surface area contributed by atoms with Gasteiger partial charge in [0.2, 0.25) is 0 Å². The van der Waals surface area contributed by atoms with Crippen LogP contribution in [0, 0.1) is 5.92 Å². The van der Waals surface area contributed by atoms with E-state index in [9.17, 15) is 9.90 Å². The number of fused-ring (bicyclic) bond motifs is 4. The van der Waals surface area contributed by atoms with Gasteiger partial charge in [0.15, 0.2) is 0 Å². The largest absolute Gasteiger partial charge is 0.481 e. The second-order valence-corrected chi connectivity index (χ2v) is 6.60. The average molecular weight is 348 g/mol. The van der Waals surface area contributed by atoms with Gasteiger partial charge < -0.3 is 15.4 Å². The molecule has 5 rings (SSSR count). The van der Waals surface area contributed by atoms with Crippen LogP contribution in [-0.2, 0) is 17.6 Å². The van der Waals surface area contributed by atoms with Crippen molar-refractivity contribution in [3.05, 3.63) is 42.0 Å². The Hall–Kier alpha value is -3.42. The maximum Gasteiger partial charge on any atom is 0.306 e. The third kappa shape index (κ3) is 2.30. The number of aromatic amines is 2. The van der Waals surface area contributed by atoms with Gasteiger partial charge in [0, 0.05) is 16.8 Å². The maximum atomic E-state index is 11.4. The highest BCUT2D eigenvalue weighted by Gasteiger charge is 2.28. The number of H-pyrrole nitrogens is 2. The van der Waals surface area contributed by atoms with E-state index in [2.05, 4.69) is 30.5 Å². The minimum Gasteiger partial charge on any atom is -0.481 e. The third-order valence-corrected chi connectivity index (χ3v) is 5.03. The van der Waals surface area contributed by atoms with Crippen molar-refractivity contribution in [1.29, 1.82) is 0 Å². The topological polar surface area (TPSA) is 120 Å². The monoisotopic (exact) mass is 348 g/mol. The Kier molecular flexibility index (Phi) is 3.18. The van der Waals surface area contributed by atoms with Gasteiger partial charge in [-0.05, 0) is 43.0 Å². The van der Waals surface area contributed by atoms with Crippen LogP contribution in [0.1, 0.15) is 17.7 Å². The van der Waals surface area contributed by atoms with Gasteiger partial charge in [-0.2, -0.15) is 5.10 Å². The molecule has 0 spiro atoms. The second-order valence-electron chi connectivity index (χ2n) is 6.60.